The minimum absolute atomic E-state index is 0.00894. The molecule has 0 bridgehead atoms. The van der Waals surface area contributed by atoms with Crippen LogP contribution in [0.25, 0.3) is 0 Å². The third kappa shape index (κ3) is 3.71. The molecule has 0 saturated carbocycles. The maximum absolute atomic E-state index is 12.2. The van der Waals surface area contributed by atoms with Gasteiger partial charge in [0.15, 0.2) is 0 Å². The van der Waals surface area contributed by atoms with E-state index in [0.717, 1.165) is 23.2 Å². The Labute approximate surface area is 140 Å². The van der Waals surface area contributed by atoms with Crippen molar-refractivity contribution < 1.29 is 9.59 Å². The Hall–Kier alpha value is -2.33. The van der Waals surface area contributed by atoms with Crippen LogP contribution < -0.4 is 10.2 Å². The lowest BCUT2D eigenvalue weighted by molar-refractivity contribution is -0.124. The summed E-state index contributed by atoms with van der Waals surface area (Å²) in [5, 5.41) is 3.50. The molecule has 118 valence electrons. The van der Waals surface area contributed by atoms with Gasteiger partial charge in [0.1, 0.15) is 6.54 Å². The van der Waals surface area contributed by atoms with Crippen LogP contribution in [0.1, 0.15) is 17.5 Å². The van der Waals surface area contributed by atoms with Crippen molar-refractivity contribution in [1.29, 1.82) is 0 Å². The zero-order chi connectivity index (χ0) is 16.2. The summed E-state index contributed by atoms with van der Waals surface area (Å²) in [4.78, 5) is 25.9. The van der Waals surface area contributed by atoms with Crippen molar-refractivity contribution in [3.05, 3.63) is 64.7 Å². The van der Waals surface area contributed by atoms with E-state index < -0.39 is 0 Å². The van der Waals surface area contributed by atoms with Gasteiger partial charge in [-0.05, 0) is 35.7 Å². The molecule has 2 aromatic rings. The standard InChI is InChI=1S/C18H17ClN2O2/c19-15-8-5-13(6-9-15)11-20-17(22)12-21-16-4-2-1-3-14(16)7-10-18(21)23/h1-6,8-9H,7,10-12H2,(H,20,22). The van der Waals surface area contributed by atoms with Crippen molar-refractivity contribution in [1.82, 2.24) is 5.32 Å². The fraction of sp³-hybridized carbons (Fsp3) is 0.222. The summed E-state index contributed by atoms with van der Waals surface area (Å²) in [5.41, 5.74) is 2.91. The summed E-state index contributed by atoms with van der Waals surface area (Å²) >= 11 is 5.84. The second kappa shape index (κ2) is 6.84. The molecule has 0 aromatic heterocycles. The summed E-state index contributed by atoms with van der Waals surface area (Å²) < 4.78 is 0. The average molecular weight is 329 g/mol. The highest BCUT2D eigenvalue weighted by Crippen LogP contribution is 2.27. The number of amides is 2. The third-order valence-electron chi connectivity index (χ3n) is 3.90. The van der Waals surface area contributed by atoms with Crippen LogP contribution in [0, 0.1) is 0 Å². The van der Waals surface area contributed by atoms with Crippen molar-refractivity contribution in [3.8, 4) is 0 Å². The first-order valence-corrected chi connectivity index (χ1v) is 7.91. The average Bonchev–Trinajstić information content (AvgIpc) is 2.57. The van der Waals surface area contributed by atoms with Crippen LogP contribution >= 0.6 is 11.6 Å². The molecule has 0 aliphatic carbocycles. The maximum atomic E-state index is 12.2. The number of halogens is 1. The molecule has 1 heterocycles. The maximum Gasteiger partial charge on any atom is 0.240 e. The van der Waals surface area contributed by atoms with Gasteiger partial charge in [-0.3, -0.25) is 9.59 Å². The summed E-state index contributed by atoms with van der Waals surface area (Å²) in [6.45, 7) is 0.461. The smallest absolute Gasteiger partial charge is 0.240 e. The second-order valence-electron chi connectivity index (χ2n) is 5.51. The van der Waals surface area contributed by atoms with E-state index >= 15 is 0 Å². The zero-order valence-corrected chi connectivity index (χ0v) is 13.3. The minimum atomic E-state index is -0.176. The van der Waals surface area contributed by atoms with E-state index in [-0.39, 0.29) is 18.4 Å². The number of hydrogen-bond acceptors (Lipinski definition) is 2. The highest BCUT2D eigenvalue weighted by Gasteiger charge is 2.25. The first-order chi connectivity index (χ1) is 11.1. The number of rotatable bonds is 4. The third-order valence-corrected chi connectivity index (χ3v) is 4.15. The molecule has 1 aliphatic rings. The number of carbonyl (C=O) groups excluding carboxylic acids is 2. The van der Waals surface area contributed by atoms with E-state index in [4.69, 9.17) is 11.6 Å². The molecule has 0 spiro atoms. The summed E-state index contributed by atoms with van der Waals surface area (Å²) in [6.07, 6.45) is 1.18. The molecule has 2 aromatic carbocycles. The van der Waals surface area contributed by atoms with Crippen LogP contribution in [0.2, 0.25) is 5.02 Å². The number of nitrogens with zero attached hydrogens (tertiary/aromatic N) is 1. The molecule has 3 rings (SSSR count). The molecule has 0 fully saturated rings. The lowest BCUT2D eigenvalue weighted by Crippen LogP contribution is -2.42. The molecule has 2 amide bonds. The van der Waals surface area contributed by atoms with Gasteiger partial charge in [0.05, 0.1) is 0 Å². The SMILES string of the molecule is O=C(CN1C(=O)CCc2ccccc21)NCc1ccc(Cl)cc1. The van der Waals surface area contributed by atoms with Crippen LogP contribution in [0.4, 0.5) is 5.69 Å². The van der Waals surface area contributed by atoms with E-state index in [1.54, 1.807) is 17.0 Å². The van der Waals surface area contributed by atoms with Crippen LogP contribution in [0.5, 0.6) is 0 Å². The lowest BCUT2D eigenvalue weighted by Gasteiger charge is -2.28. The molecule has 0 atom stereocenters. The Kier molecular flexibility index (Phi) is 4.63. The van der Waals surface area contributed by atoms with Crippen LogP contribution in [-0.4, -0.2) is 18.4 Å². The number of para-hydroxylation sites is 1. The van der Waals surface area contributed by atoms with Gasteiger partial charge in [-0.2, -0.15) is 0 Å². The van der Waals surface area contributed by atoms with E-state index in [1.165, 1.54) is 0 Å². The predicted molar refractivity (Wildman–Crippen MR) is 90.4 cm³/mol. The number of aryl methyl sites for hydroxylation is 1. The molecule has 5 heteroatoms. The summed E-state index contributed by atoms with van der Waals surface area (Å²) in [5.74, 6) is -0.185. The monoisotopic (exact) mass is 328 g/mol. The fourth-order valence-corrected chi connectivity index (χ4v) is 2.80. The first-order valence-electron chi connectivity index (χ1n) is 7.53. The van der Waals surface area contributed by atoms with Gasteiger partial charge in [0.2, 0.25) is 11.8 Å². The number of carbonyl (C=O) groups is 2. The van der Waals surface area contributed by atoms with Crippen molar-refractivity contribution in [3.63, 3.8) is 0 Å². The highest BCUT2D eigenvalue weighted by molar-refractivity contribution is 6.30. The number of hydrogen-bond donors (Lipinski definition) is 1. The number of nitrogens with one attached hydrogen (secondary N) is 1. The Morgan fingerprint density at radius 2 is 1.83 bits per heavy atom. The number of fused-ring (bicyclic) bond motifs is 1. The molecule has 0 unspecified atom stereocenters. The Morgan fingerprint density at radius 3 is 2.61 bits per heavy atom. The van der Waals surface area contributed by atoms with Crippen molar-refractivity contribution >= 4 is 29.1 Å². The van der Waals surface area contributed by atoms with Crippen LogP contribution in [0.15, 0.2) is 48.5 Å². The number of anilines is 1. The predicted octanol–water partition coefficient (Wildman–Crippen LogP) is 2.94. The first kappa shape index (κ1) is 15.6. The van der Waals surface area contributed by atoms with Gasteiger partial charge >= 0.3 is 0 Å². The van der Waals surface area contributed by atoms with E-state index in [2.05, 4.69) is 5.32 Å². The Morgan fingerprint density at radius 1 is 1.09 bits per heavy atom. The molecular formula is C18H17ClN2O2. The second-order valence-corrected chi connectivity index (χ2v) is 5.95. The largest absolute Gasteiger partial charge is 0.350 e. The topological polar surface area (TPSA) is 49.4 Å². The Balaban J connectivity index is 1.63. The summed E-state index contributed by atoms with van der Waals surface area (Å²) in [6, 6.07) is 15.0. The van der Waals surface area contributed by atoms with Gasteiger partial charge < -0.3 is 10.2 Å². The summed E-state index contributed by atoms with van der Waals surface area (Å²) in [7, 11) is 0. The van der Waals surface area contributed by atoms with Gasteiger partial charge in [-0.1, -0.05) is 41.9 Å². The van der Waals surface area contributed by atoms with Crippen molar-refractivity contribution in [2.24, 2.45) is 0 Å². The fourth-order valence-electron chi connectivity index (χ4n) is 2.67. The van der Waals surface area contributed by atoms with Crippen LogP contribution in [-0.2, 0) is 22.6 Å². The molecule has 0 saturated heterocycles. The molecule has 1 aliphatic heterocycles. The lowest BCUT2D eigenvalue weighted by atomic mass is 10.0. The zero-order valence-electron chi connectivity index (χ0n) is 12.6. The van der Waals surface area contributed by atoms with E-state index in [0.29, 0.717) is 18.0 Å². The van der Waals surface area contributed by atoms with Gasteiger partial charge in [-0.25, -0.2) is 0 Å². The molecule has 1 N–H and O–H groups in total. The van der Waals surface area contributed by atoms with Gasteiger partial charge in [-0.15, -0.1) is 0 Å². The van der Waals surface area contributed by atoms with E-state index in [9.17, 15) is 9.59 Å². The molecule has 0 radical (unpaired) electrons. The molecule has 23 heavy (non-hydrogen) atoms. The van der Waals surface area contributed by atoms with E-state index in [1.807, 2.05) is 36.4 Å². The van der Waals surface area contributed by atoms with Gasteiger partial charge in [0, 0.05) is 23.7 Å². The Bertz CT molecular complexity index is 728. The van der Waals surface area contributed by atoms with Crippen molar-refractivity contribution in [2.75, 3.05) is 11.4 Å². The normalized spacial score (nSPS) is 13.6. The van der Waals surface area contributed by atoms with Crippen LogP contribution in [0.3, 0.4) is 0 Å². The quantitative estimate of drug-likeness (QED) is 0.938. The molecule has 4 nitrogen and oxygen atoms in total. The number of benzene rings is 2. The minimum Gasteiger partial charge on any atom is -0.350 e. The highest BCUT2D eigenvalue weighted by atomic mass is 35.5. The van der Waals surface area contributed by atoms with Gasteiger partial charge in [0.25, 0.3) is 0 Å². The molecular weight excluding hydrogens is 312 g/mol. The van der Waals surface area contributed by atoms with Crippen molar-refractivity contribution in [2.45, 2.75) is 19.4 Å².